The summed E-state index contributed by atoms with van der Waals surface area (Å²) in [5, 5.41) is 0.102. The Morgan fingerprint density at radius 2 is 1.76 bits per heavy atom. The predicted molar refractivity (Wildman–Crippen MR) is 60.5 cm³/mol. The van der Waals surface area contributed by atoms with Gasteiger partial charge in [-0.05, 0) is 32.2 Å². The molecular weight excluding hydrogens is 231 g/mol. The molecule has 0 atom stereocenters. The number of hydrogen-bond donors (Lipinski definition) is 1. The largest absolute Gasteiger partial charge is 0.417 e. The molecule has 2 rings (SSSR count). The molecule has 1 heterocycles. The average Bonchev–Trinajstić information content (AvgIpc) is 2.31. The summed E-state index contributed by atoms with van der Waals surface area (Å²) in [4.78, 5) is 0. The van der Waals surface area contributed by atoms with Crippen molar-refractivity contribution in [3.63, 3.8) is 0 Å². The van der Waals surface area contributed by atoms with Crippen LogP contribution >= 0.6 is 0 Å². The van der Waals surface area contributed by atoms with Gasteiger partial charge in [0.15, 0.2) is 0 Å². The van der Waals surface area contributed by atoms with E-state index in [-0.39, 0.29) is 11.0 Å². The van der Waals surface area contributed by atoms with Crippen LogP contribution in [0.15, 0.2) is 34.9 Å². The lowest BCUT2D eigenvalue weighted by Crippen LogP contribution is -2.05. The molecule has 0 aliphatic rings. The van der Waals surface area contributed by atoms with E-state index in [1.807, 2.05) is 0 Å². The number of hydrogen-bond acceptors (Lipinski definition) is 1. The van der Waals surface area contributed by atoms with Crippen LogP contribution < -0.4 is 5.73 Å². The molecule has 92 valence electrons. The molecule has 0 saturated carbocycles. The summed E-state index contributed by atoms with van der Waals surface area (Å²) in [5.41, 5.74) is 4.82. The van der Waals surface area contributed by atoms with Crippen LogP contribution in [0.3, 0.4) is 0 Å². The Morgan fingerprint density at radius 1 is 1.12 bits per heavy atom. The Bertz CT molecular complexity index is 509. The van der Waals surface area contributed by atoms with Crippen LogP contribution in [0, 0.1) is 6.92 Å². The first-order chi connectivity index (χ1) is 8.00. The summed E-state index contributed by atoms with van der Waals surface area (Å²) in [6, 6.07) is 5.35. The highest BCUT2D eigenvalue weighted by Crippen LogP contribution is 2.35. The van der Waals surface area contributed by atoms with Crippen LogP contribution in [0.5, 0.6) is 0 Å². The summed E-state index contributed by atoms with van der Waals surface area (Å²) in [7, 11) is 1.50. The van der Waals surface area contributed by atoms with E-state index in [0.29, 0.717) is 5.56 Å². The van der Waals surface area contributed by atoms with Crippen molar-refractivity contribution in [1.29, 1.82) is 0 Å². The summed E-state index contributed by atoms with van der Waals surface area (Å²) in [6.45, 7) is 1.71. The minimum atomic E-state index is -4.34. The van der Waals surface area contributed by atoms with Gasteiger partial charge in [0.05, 0.1) is 16.5 Å². The molecule has 0 aliphatic heterocycles. The van der Waals surface area contributed by atoms with Gasteiger partial charge in [-0.15, -0.1) is 0 Å². The van der Waals surface area contributed by atoms with Crippen LogP contribution in [0.1, 0.15) is 11.1 Å². The van der Waals surface area contributed by atoms with E-state index < -0.39 is 11.7 Å². The van der Waals surface area contributed by atoms with Crippen molar-refractivity contribution in [1.82, 2.24) is 0 Å². The van der Waals surface area contributed by atoms with Gasteiger partial charge in [-0.25, -0.2) is 4.42 Å². The third-order valence-corrected chi connectivity index (χ3v) is 2.23. The van der Waals surface area contributed by atoms with E-state index in [1.54, 1.807) is 6.92 Å². The zero-order chi connectivity index (χ0) is 13.1. The smallest absolute Gasteiger partial charge is 0.333 e. The van der Waals surface area contributed by atoms with E-state index in [0.717, 1.165) is 6.07 Å². The fourth-order valence-electron chi connectivity index (χ4n) is 1.52. The summed E-state index contributed by atoms with van der Waals surface area (Å²) in [5.74, 6) is 0. The number of halogens is 3. The van der Waals surface area contributed by atoms with Crippen molar-refractivity contribution in [2.24, 2.45) is 5.73 Å². The van der Waals surface area contributed by atoms with Crippen LogP contribution in [0.4, 0.5) is 13.2 Å². The molecule has 17 heavy (non-hydrogen) atoms. The first-order valence-corrected chi connectivity index (χ1v) is 4.95. The number of nitrogens with two attached hydrogens (primary N) is 1. The topological polar surface area (TPSA) is 37.3 Å². The maximum absolute atomic E-state index is 12.6. The average molecular weight is 244 g/mol. The van der Waals surface area contributed by atoms with E-state index in [9.17, 15) is 13.2 Å². The molecule has 0 fully saturated rings. The normalized spacial score (nSPS) is 10.9. The summed E-state index contributed by atoms with van der Waals surface area (Å²) in [6.07, 6.45) is -2.97. The van der Waals surface area contributed by atoms with Crippen molar-refractivity contribution in [3.8, 4) is 0 Å². The fraction of sp³-hybridized carbons (Fsp3) is 0.250. The molecule has 0 bridgehead atoms. The Balaban J connectivity index is 0.000000686. The van der Waals surface area contributed by atoms with Gasteiger partial charge in [0, 0.05) is 6.07 Å². The number of benzene rings is 1. The molecule has 0 spiro atoms. The molecule has 0 aliphatic carbocycles. The Morgan fingerprint density at radius 3 is 2.35 bits per heavy atom. The van der Waals surface area contributed by atoms with Crippen LogP contribution in [0.2, 0.25) is 0 Å². The molecule has 0 radical (unpaired) electrons. The second-order valence-electron chi connectivity index (χ2n) is 3.28. The first-order valence-electron chi connectivity index (χ1n) is 4.95. The van der Waals surface area contributed by atoms with E-state index >= 15 is 0 Å². The lowest BCUT2D eigenvalue weighted by atomic mass is 10.1. The number of rotatable bonds is 0. The lowest BCUT2D eigenvalue weighted by Gasteiger charge is -2.07. The van der Waals surface area contributed by atoms with Gasteiger partial charge in [0.1, 0.15) is 0 Å². The van der Waals surface area contributed by atoms with Crippen LogP contribution in [-0.2, 0) is 6.18 Å². The van der Waals surface area contributed by atoms with Crippen LogP contribution in [-0.4, -0.2) is 7.05 Å². The van der Waals surface area contributed by atoms with Gasteiger partial charge < -0.3 is 5.73 Å². The van der Waals surface area contributed by atoms with Gasteiger partial charge in [-0.2, -0.15) is 13.2 Å². The summed E-state index contributed by atoms with van der Waals surface area (Å²) >= 11 is 0. The van der Waals surface area contributed by atoms with E-state index in [4.69, 9.17) is 4.42 Å². The molecule has 1 aromatic carbocycles. The lowest BCUT2D eigenvalue weighted by molar-refractivity contribution is -0.136. The molecule has 0 saturated heterocycles. The zero-order valence-electron chi connectivity index (χ0n) is 9.51. The van der Waals surface area contributed by atoms with Gasteiger partial charge in [-0.1, -0.05) is 0 Å². The monoisotopic (exact) mass is 244 g/mol. The van der Waals surface area contributed by atoms with Crippen molar-refractivity contribution in [3.05, 3.63) is 41.7 Å². The zero-order valence-corrected chi connectivity index (χ0v) is 9.51. The molecule has 2 nitrogen and oxygen atoms in total. The molecule has 2 N–H and O–H groups in total. The number of fused-ring (bicyclic) bond motifs is 1. The van der Waals surface area contributed by atoms with E-state index in [1.165, 1.54) is 31.5 Å². The quantitative estimate of drug-likeness (QED) is 0.719. The molecule has 0 amide bonds. The van der Waals surface area contributed by atoms with Gasteiger partial charge in [0.25, 0.3) is 0 Å². The fourth-order valence-corrected chi connectivity index (χ4v) is 1.52. The van der Waals surface area contributed by atoms with Crippen molar-refractivity contribution in [2.45, 2.75) is 13.1 Å². The third kappa shape index (κ3) is 2.74. The minimum absolute atomic E-state index is 0.102. The SMILES string of the molecule is CN.Cc1ccc(C(F)(F)F)c2ccc[o+]c12. The predicted octanol–water partition coefficient (Wildman–Crippen LogP) is 3.62. The highest BCUT2D eigenvalue weighted by atomic mass is 19.4. The Labute approximate surface area is 96.9 Å². The van der Waals surface area contributed by atoms with Crippen molar-refractivity contribution in [2.75, 3.05) is 7.05 Å². The van der Waals surface area contributed by atoms with Gasteiger partial charge in [-0.3, -0.25) is 0 Å². The number of aryl methyl sites for hydroxylation is 1. The molecule has 5 heteroatoms. The van der Waals surface area contributed by atoms with Gasteiger partial charge in [0.2, 0.25) is 0 Å². The Hall–Kier alpha value is -1.62. The molecule has 2 aromatic rings. The molecule has 1 aromatic heterocycles. The highest BCUT2D eigenvalue weighted by Gasteiger charge is 2.34. The minimum Gasteiger partial charge on any atom is -0.333 e. The second-order valence-corrected chi connectivity index (χ2v) is 3.28. The molecule has 0 unspecified atom stereocenters. The summed E-state index contributed by atoms with van der Waals surface area (Å²) < 4.78 is 42.9. The van der Waals surface area contributed by atoms with Crippen molar-refractivity contribution < 1.29 is 17.6 Å². The van der Waals surface area contributed by atoms with Crippen LogP contribution in [0.25, 0.3) is 11.0 Å². The van der Waals surface area contributed by atoms with Crippen molar-refractivity contribution >= 4 is 11.0 Å². The molecular formula is C12H13F3NO+. The van der Waals surface area contributed by atoms with Gasteiger partial charge >= 0.3 is 18.0 Å². The second kappa shape index (κ2) is 5.14. The maximum atomic E-state index is 12.6. The number of alkyl halides is 3. The standard InChI is InChI=1S/C11H8F3O.CH5N/c1-7-4-5-9(11(12,13)14)8-3-2-6-15-10(7)8;1-2/h2-6H,1H3;2H2,1H3/q+1;. The maximum Gasteiger partial charge on any atom is 0.417 e. The van der Waals surface area contributed by atoms with E-state index in [2.05, 4.69) is 5.73 Å². The highest BCUT2D eigenvalue weighted by molar-refractivity contribution is 5.83. The first kappa shape index (κ1) is 13.4. The third-order valence-electron chi connectivity index (χ3n) is 2.23. The Kier molecular flexibility index (Phi) is 4.07.